The Labute approximate surface area is 129 Å². The van der Waals surface area contributed by atoms with E-state index in [2.05, 4.69) is 15.3 Å². The minimum absolute atomic E-state index is 0.0381. The van der Waals surface area contributed by atoms with Gasteiger partial charge in [0, 0.05) is 6.42 Å². The first-order valence-corrected chi connectivity index (χ1v) is 6.66. The summed E-state index contributed by atoms with van der Waals surface area (Å²) in [6.07, 6.45) is -10.8. The molecule has 1 aliphatic rings. The highest BCUT2D eigenvalue weighted by molar-refractivity contribution is 5.80. The number of aromatic nitrogens is 2. The Balaban J connectivity index is 2.14. The molecular weight excluding hydrogens is 350 g/mol. The normalized spacial score (nSPS) is 21.6. The molecule has 24 heavy (non-hydrogen) atoms. The number of fused-ring (bicyclic) bond motifs is 1. The summed E-state index contributed by atoms with van der Waals surface area (Å²) in [7, 11) is 0. The second-order valence-corrected chi connectivity index (χ2v) is 5.53. The van der Waals surface area contributed by atoms with Gasteiger partial charge in [0.25, 0.3) is 5.92 Å². The Bertz CT molecular complexity index is 774. The van der Waals surface area contributed by atoms with Crippen LogP contribution < -0.4 is 5.32 Å². The van der Waals surface area contributed by atoms with Crippen molar-refractivity contribution < 1.29 is 35.1 Å². The molecule has 2 N–H and O–H groups in total. The number of benzene rings is 1. The molecule has 2 heterocycles. The van der Waals surface area contributed by atoms with Crippen LogP contribution in [-0.2, 0) is 12.4 Å². The first-order valence-electron chi connectivity index (χ1n) is 6.66. The average molecular weight is 359 g/mol. The fraction of sp³-hybridized carbons (Fsp3) is 0.462. The van der Waals surface area contributed by atoms with Gasteiger partial charge in [0.05, 0.1) is 29.2 Å². The summed E-state index contributed by atoms with van der Waals surface area (Å²) in [6.45, 7) is -0.686. The summed E-state index contributed by atoms with van der Waals surface area (Å²) in [5, 5.41) is 2.38. The van der Waals surface area contributed by atoms with Crippen molar-refractivity contribution in [3.05, 3.63) is 29.1 Å². The van der Waals surface area contributed by atoms with Crippen LogP contribution in [0.25, 0.3) is 11.0 Å². The van der Waals surface area contributed by atoms with E-state index in [9.17, 15) is 35.1 Å². The topological polar surface area (TPSA) is 40.7 Å². The van der Waals surface area contributed by atoms with Crippen molar-refractivity contribution in [2.45, 2.75) is 30.7 Å². The smallest absolute Gasteiger partial charge is 0.341 e. The van der Waals surface area contributed by atoms with Crippen LogP contribution in [0.1, 0.15) is 29.4 Å². The Morgan fingerprint density at radius 3 is 2.21 bits per heavy atom. The molecule has 0 aliphatic carbocycles. The number of imidazole rings is 1. The lowest BCUT2D eigenvalue weighted by atomic mass is 10.1. The number of hydrogen-bond acceptors (Lipinski definition) is 2. The SMILES string of the molecule is FC1(F)CN[C@@H](c2nc3c(C(F)(F)F)cc(C(F)(F)F)cc3[nH]2)C1. The van der Waals surface area contributed by atoms with Gasteiger partial charge >= 0.3 is 12.4 Å². The zero-order chi connectivity index (χ0) is 17.9. The lowest BCUT2D eigenvalue weighted by Gasteiger charge is -2.11. The predicted octanol–water partition coefficient (Wildman–Crippen LogP) is 4.27. The molecule has 0 bridgehead atoms. The number of rotatable bonds is 1. The first kappa shape index (κ1) is 16.9. The van der Waals surface area contributed by atoms with E-state index in [1.807, 2.05) is 0 Å². The molecule has 1 aromatic heterocycles. The third-order valence-electron chi connectivity index (χ3n) is 3.68. The van der Waals surface area contributed by atoms with E-state index in [0.29, 0.717) is 6.07 Å². The molecular formula is C13H9F8N3. The van der Waals surface area contributed by atoms with Gasteiger partial charge in [-0.25, -0.2) is 13.8 Å². The number of aromatic amines is 1. The van der Waals surface area contributed by atoms with Crippen molar-refractivity contribution in [1.82, 2.24) is 15.3 Å². The van der Waals surface area contributed by atoms with Gasteiger partial charge in [-0.05, 0) is 12.1 Å². The maximum absolute atomic E-state index is 13.2. The molecule has 1 saturated heterocycles. The van der Waals surface area contributed by atoms with E-state index in [0.717, 1.165) is 0 Å². The summed E-state index contributed by atoms with van der Waals surface area (Å²) in [4.78, 5) is 5.90. The van der Waals surface area contributed by atoms with E-state index < -0.39 is 59.4 Å². The van der Waals surface area contributed by atoms with Crippen LogP contribution in [0.2, 0.25) is 0 Å². The van der Waals surface area contributed by atoms with Crippen molar-refractivity contribution in [2.75, 3.05) is 6.54 Å². The molecule has 1 aliphatic heterocycles. The minimum atomic E-state index is -5.07. The molecule has 0 radical (unpaired) electrons. The molecule has 1 aromatic carbocycles. The Kier molecular flexibility index (Phi) is 3.56. The van der Waals surface area contributed by atoms with Crippen LogP contribution in [0.3, 0.4) is 0 Å². The van der Waals surface area contributed by atoms with Gasteiger partial charge in [0.1, 0.15) is 11.3 Å². The summed E-state index contributed by atoms with van der Waals surface area (Å²) in [5.41, 5.74) is -4.31. The van der Waals surface area contributed by atoms with E-state index in [4.69, 9.17) is 0 Å². The third kappa shape index (κ3) is 3.04. The molecule has 1 atom stereocenters. The van der Waals surface area contributed by atoms with Gasteiger partial charge in [0.2, 0.25) is 0 Å². The standard InChI is InChI=1S/C13H9F8N3/c14-11(15)3-8(22-4-11)10-23-7-2-5(12(16,17)18)1-6(9(7)24-10)13(19,20)21/h1-2,8,22H,3-4H2,(H,23,24)/t8-/m1/s1. The third-order valence-corrected chi connectivity index (χ3v) is 3.68. The zero-order valence-electron chi connectivity index (χ0n) is 11.6. The fourth-order valence-electron chi connectivity index (χ4n) is 2.59. The van der Waals surface area contributed by atoms with Gasteiger partial charge in [-0.15, -0.1) is 0 Å². The quantitative estimate of drug-likeness (QED) is 0.747. The Morgan fingerprint density at radius 2 is 1.71 bits per heavy atom. The van der Waals surface area contributed by atoms with Crippen LogP contribution in [0, 0.1) is 0 Å². The molecule has 2 aromatic rings. The molecule has 11 heteroatoms. The van der Waals surface area contributed by atoms with E-state index in [1.165, 1.54) is 0 Å². The van der Waals surface area contributed by atoms with Gasteiger partial charge in [0.15, 0.2) is 0 Å². The highest BCUT2D eigenvalue weighted by atomic mass is 19.4. The second kappa shape index (κ2) is 5.04. The minimum Gasteiger partial charge on any atom is -0.341 e. The molecule has 3 nitrogen and oxygen atoms in total. The monoisotopic (exact) mass is 359 g/mol. The first-order chi connectivity index (χ1) is 10.9. The lowest BCUT2D eigenvalue weighted by molar-refractivity contribution is -0.142. The zero-order valence-corrected chi connectivity index (χ0v) is 11.6. The molecule has 1 fully saturated rings. The van der Waals surface area contributed by atoms with Gasteiger partial charge in [-0.1, -0.05) is 0 Å². The molecule has 0 spiro atoms. The summed E-state index contributed by atoms with van der Waals surface area (Å²) < 4.78 is 104. The Hall–Kier alpha value is -1.91. The number of H-pyrrole nitrogens is 1. The molecule has 0 saturated carbocycles. The number of alkyl halides is 8. The van der Waals surface area contributed by atoms with Crippen molar-refractivity contribution in [1.29, 1.82) is 0 Å². The van der Waals surface area contributed by atoms with Crippen molar-refractivity contribution in [2.24, 2.45) is 0 Å². The van der Waals surface area contributed by atoms with Crippen molar-refractivity contribution in [3.8, 4) is 0 Å². The number of nitrogens with zero attached hydrogens (tertiary/aromatic N) is 1. The van der Waals surface area contributed by atoms with E-state index in [-0.39, 0.29) is 11.9 Å². The van der Waals surface area contributed by atoms with Crippen LogP contribution in [0.5, 0.6) is 0 Å². The highest BCUT2D eigenvalue weighted by Crippen LogP contribution is 2.40. The molecule has 3 rings (SSSR count). The molecule has 0 unspecified atom stereocenters. The lowest BCUT2D eigenvalue weighted by Crippen LogP contribution is -2.19. The number of halogens is 8. The van der Waals surface area contributed by atoms with Gasteiger partial charge < -0.3 is 10.3 Å². The summed E-state index contributed by atoms with van der Waals surface area (Å²) in [6, 6.07) is -0.625. The predicted molar refractivity (Wildman–Crippen MR) is 66.4 cm³/mol. The van der Waals surface area contributed by atoms with Crippen LogP contribution in [-0.4, -0.2) is 22.4 Å². The average Bonchev–Trinajstić information content (AvgIpc) is 2.97. The maximum Gasteiger partial charge on any atom is 0.418 e. The summed E-state index contributed by atoms with van der Waals surface area (Å²) in [5.74, 6) is -3.32. The highest BCUT2D eigenvalue weighted by Gasteiger charge is 2.42. The van der Waals surface area contributed by atoms with Crippen molar-refractivity contribution in [3.63, 3.8) is 0 Å². The Morgan fingerprint density at radius 1 is 1.04 bits per heavy atom. The van der Waals surface area contributed by atoms with E-state index in [1.54, 1.807) is 0 Å². The van der Waals surface area contributed by atoms with Crippen LogP contribution in [0.15, 0.2) is 12.1 Å². The van der Waals surface area contributed by atoms with Crippen LogP contribution in [0.4, 0.5) is 35.1 Å². The van der Waals surface area contributed by atoms with Crippen LogP contribution >= 0.6 is 0 Å². The second-order valence-electron chi connectivity index (χ2n) is 5.53. The van der Waals surface area contributed by atoms with E-state index >= 15 is 0 Å². The van der Waals surface area contributed by atoms with Gasteiger partial charge in [-0.2, -0.15) is 26.3 Å². The van der Waals surface area contributed by atoms with Gasteiger partial charge in [-0.3, -0.25) is 0 Å². The molecule has 0 amide bonds. The number of nitrogens with one attached hydrogen (secondary N) is 2. The largest absolute Gasteiger partial charge is 0.418 e. The maximum atomic E-state index is 13.2. The molecule has 132 valence electrons. The summed E-state index contributed by atoms with van der Waals surface area (Å²) >= 11 is 0. The number of hydrogen-bond donors (Lipinski definition) is 2. The fourth-order valence-corrected chi connectivity index (χ4v) is 2.59. The van der Waals surface area contributed by atoms with Crippen molar-refractivity contribution >= 4 is 11.0 Å².